The van der Waals surface area contributed by atoms with Crippen LogP contribution >= 0.6 is 22.9 Å². The topological polar surface area (TPSA) is 64.0 Å². The summed E-state index contributed by atoms with van der Waals surface area (Å²) in [4.78, 5) is 31.6. The molecular formula is C21H16ClN3O2S. The van der Waals surface area contributed by atoms with Gasteiger partial charge in [0.1, 0.15) is 17.2 Å². The summed E-state index contributed by atoms with van der Waals surface area (Å²) in [6.07, 6.45) is 0. The predicted molar refractivity (Wildman–Crippen MR) is 114 cm³/mol. The van der Waals surface area contributed by atoms with Gasteiger partial charge in [-0.3, -0.25) is 14.2 Å². The minimum absolute atomic E-state index is 0.104. The lowest BCUT2D eigenvalue weighted by Crippen LogP contribution is -2.29. The zero-order valence-corrected chi connectivity index (χ0v) is 16.6. The molecule has 0 saturated carbocycles. The molecular weight excluding hydrogens is 394 g/mol. The third-order valence-electron chi connectivity index (χ3n) is 4.33. The molecule has 1 amide bonds. The number of aryl methyl sites for hydroxylation is 1. The molecule has 0 aliphatic rings. The molecule has 5 nitrogen and oxygen atoms in total. The van der Waals surface area contributed by atoms with E-state index in [2.05, 4.69) is 10.3 Å². The summed E-state index contributed by atoms with van der Waals surface area (Å²) in [6.45, 7) is 1.63. The van der Waals surface area contributed by atoms with Crippen molar-refractivity contribution in [1.82, 2.24) is 9.55 Å². The molecule has 140 valence electrons. The van der Waals surface area contributed by atoms with Gasteiger partial charge >= 0.3 is 0 Å². The summed E-state index contributed by atoms with van der Waals surface area (Å²) >= 11 is 7.33. The van der Waals surface area contributed by atoms with E-state index in [1.807, 2.05) is 36.4 Å². The van der Waals surface area contributed by atoms with E-state index in [1.165, 1.54) is 15.9 Å². The number of fused-ring (bicyclic) bond motifs is 1. The second-order valence-electron chi connectivity index (χ2n) is 6.30. The second-order valence-corrected chi connectivity index (χ2v) is 7.77. The monoisotopic (exact) mass is 409 g/mol. The van der Waals surface area contributed by atoms with Gasteiger partial charge in [-0.1, -0.05) is 41.9 Å². The van der Waals surface area contributed by atoms with E-state index in [1.54, 1.807) is 31.2 Å². The highest BCUT2D eigenvalue weighted by Gasteiger charge is 2.15. The van der Waals surface area contributed by atoms with Crippen LogP contribution < -0.4 is 10.9 Å². The molecule has 0 bridgehead atoms. The molecule has 4 rings (SSSR count). The van der Waals surface area contributed by atoms with Gasteiger partial charge in [-0.2, -0.15) is 0 Å². The molecule has 2 heterocycles. The number of carbonyl (C=O) groups excluding carboxylic acids is 1. The van der Waals surface area contributed by atoms with Crippen LogP contribution in [-0.2, 0) is 11.3 Å². The molecule has 2 aromatic heterocycles. The van der Waals surface area contributed by atoms with Gasteiger partial charge in [0.05, 0.1) is 5.39 Å². The Hall–Kier alpha value is -2.96. The molecule has 0 spiro atoms. The Morgan fingerprint density at radius 2 is 1.86 bits per heavy atom. The van der Waals surface area contributed by atoms with Gasteiger partial charge in [0, 0.05) is 15.6 Å². The lowest BCUT2D eigenvalue weighted by molar-refractivity contribution is -0.116. The fourth-order valence-electron chi connectivity index (χ4n) is 2.93. The Balaban J connectivity index is 1.64. The van der Waals surface area contributed by atoms with Crippen molar-refractivity contribution in [3.8, 4) is 10.4 Å². The first-order chi connectivity index (χ1) is 13.5. The van der Waals surface area contributed by atoms with Crippen LogP contribution in [0, 0.1) is 6.92 Å². The largest absolute Gasteiger partial charge is 0.325 e. The number of nitrogens with one attached hydrogen (secondary N) is 1. The van der Waals surface area contributed by atoms with E-state index in [0.29, 0.717) is 26.8 Å². The molecule has 0 aliphatic heterocycles. The molecule has 1 N–H and O–H groups in total. The zero-order chi connectivity index (χ0) is 19.7. The maximum atomic E-state index is 13.0. The van der Waals surface area contributed by atoms with Crippen LogP contribution in [0.25, 0.3) is 20.7 Å². The SMILES string of the molecule is Cc1nc2sc(-c3ccccc3)cc2c(=O)n1CC(=O)Nc1ccc(Cl)cc1. The van der Waals surface area contributed by atoms with Crippen molar-refractivity contribution in [2.24, 2.45) is 0 Å². The summed E-state index contributed by atoms with van der Waals surface area (Å²) < 4.78 is 1.40. The van der Waals surface area contributed by atoms with E-state index in [4.69, 9.17) is 11.6 Å². The first-order valence-electron chi connectivity index (χ1n) is 8.63. The summed E-state index contributed by atoms with van der Waals surface area (Å²) in [5.74, 6) is 0.206. The quantitative estimate of drug-likeness (QED) is 0.530. The highest BCUT2D eigenvalue weighted by molar-refractivity contribution is 7.21. The Bertz CT molecular complexity index is 1210. The van der Waals surface area contributed by atoms with Crippen LogP contribution in [0.1, 0.15) is 5.82 Å². The van der Waals surface area contributed by atoms with Crippen molar-refractivity contribution in [3.05, 3.63) is 81.9 Å². The second kappa shape index (κ2) is 7.58. The fraction of sp³-hybridized carbons (Fsp3) is 0.0952. The number of nitrogens with zero attached hydrogens (tertiary/aromatic N) is 2. The number of aromatic nitrogens is 2. The Labute approximate surface area is 170 Å². The van der Waals surface area contributed by atoms with Gasteiger partial charge in [0.2, 0.25) is 5.91 Å². The van der Waals surface area contributed by atoms with Gasteiger partial charge < -0.3 is 5.32 Å². The number of thiophene rings is 1. The number of rotatable bonds is 4. The zero-order valence-electron chi connectivity index (χ0n) is 15.0. The predicted octanol–water partition coefficient (Wildman–Crippen LogP) is 4.73. The Morgan fingerprint density at radius 3 is 2.57 bits per heavy atom. The lowest BCUT2D eigenvalue weighted by atomic mass is 10.2. The van der Waals surface area contributed by atoms with Crippen LogP contribution in [0.3, 0.4) is 0 Å². The van der Waals surface area contributed by atoms with Crippen LogP contribution in [0.2, 0.25) is 5.02 Å². The maximum absolute atomic E-state index is 13.0. The van der Waals surface area contributed by atoms with E-state index in [0.717, 1.165) is 10.4 Å². The highest BCUT2D eigenvalue weighted by atomic mass is 35.5. The third-order valence-corrected chi connectivity index (χ3v) is 5.66. The first kappa shape index (κ1) is 18.4. The van der Waals surface area contributed by atoms with Crippen molar-refractivity contribution in [2.45, 2.75) is 13.5 Å². The molecule has 4 aromatic rings. The van der Waals surface area contributed by atoms with Gasteiger partial charge in [-0.05, 0) is 42.8 Å². The third kappa shape index (κ3) is 3.69. The number of hydrogen-bond acceptors (Lipinski definition) is 4. The van der Waals surface area contributed by atoms with Crippen LogP contribution in [0.4, 0.5) is 5.69 Å². The smallest absolute Gasteiger partial charge is 0.262 e. The van der Waals surface area contributed by atoms with Gasteiger partial charge in [0.15, 0.2) is 0 Å². The number of halogens is 1. The molecule has 0 fully saturated rings. The molecule has 0 aliphatic carbocycles. The fourth-order valence-corrected chi connectivity index (χ4v) is 4.12. The van der Waals surface area contributed by atoms with Crippen LogP contribution in [0.5, 0.6) is 0 Å². The van der Waals surface area contributed by atoms with Crippen molar-refractivity contribution >= 4 is 44.7 Å². The number of carbonyl (C=O) groups is 1. The normalized spacial score (nSPS) is 10.9. The molecule has 7 heteroatoms. The van der Waals surface area contributed by atoms with Crippen molar-refractivity contribution in [2.75, 3.05) is 5.32 Å². The van der Waals surface area contributed by atoms with E-state index in [-0.39, 0.29) is 18.0 Å². The van der Waals surface area contributed by atoms with Gasteiger partial charge in [-0.25, -0.2) is 4.98 Å². The van der Waals surface area contributed by atoms with Crippen molar-refractivity contribution in [1.29, 1.82) is 0 Å². The number of anilines is 1. The summed E-state index contributed by atoms with van der Waals surface area (Å²) in [7, 11) is 0. The van der Waals surface area contributed by atoms with Crippen LogP contribution in [0.15, 0.2) is 65.5 Å². The van der Waals surface area contributed by atoms with Gasteiger partial charge in [0.25, 0.3) is 5.56 Å². The average molecular weight is 410 g/mol. The Morgan fingerprint density at radius 1 is 1.14 bits per heavy atom. The van der Waals surface area contributed by atoms with Crippen molar-refractivity contribution in [3.63, 3.8) is 0 Å². The van der Waals surface area contributed by atoms with E-state index >= 15 is 0 Å². The van der Waals surface area contributed by atoms with E-state index < -0.39 is 0 Å². The van der Waals surface area contributed by atoms with E-state index in [9.17, 15) is 9.59 Å². The Kier molecular flexibility index (Phi) is 4.98. The average Bonchev–Trinajstić information content (AvgIpc) is 3.12. The molecule has 0 unspecified atom stereocenters. The summed E-state index contributed by atoms with van der Waals surface area (Å²) in [5.41, 5.74) is 1.44. The first-order valence-corrected chi connectivity index (χ1v) is 9.82. The molecule has 28 heavy (non-hydrogen) atoms. The lowest BCUT2D eigenvalue weighted by Gasteiger charge is -2.10. The summed E-state index contributed by atoms with van der Waals surface area (Å²) in [5, 5.41) is 3.88. The molecule has 2 aromatic carbocycles. The summed E-state index contributed by atoms with van der Waals surface area (Å²) in [6, 6.07) is 18.5. The maximum Gasteiger partial charge on any atom is 0.262 e. The van der Waals surface area contributed by atoms with Gasteiger partial charge in [-0.15, -0.1) is 11.3 Å². The minimum atomic E-state index is -0.299. The van der Waals surface area contributed by atoms with Crippen LogP contribution in [-0.4, -0.2) is 15.5 Å². The standard InChI is InChI=1S/C21H16ClN3O2S/c1-13-23-20-17(11-18(28-20)14-5-3-2-4-6-14)21(27)25(13)12-19(26)24-16-9-7-15(22)8-10-16/h2-11H,12H2,1H3,(H,24,26). The number of amides is 1. The molecule has 0 atom stereocenters. The number of hydrogen-bond donors (Lipinski definition) is 1. The minimum Gasteiger partial charge on any atom is -0.325 e. The molecule has 0 radical (unpaired) electrons. The van der Waals surface area contributed by atoms with Crippen molar-refractivity contribution < 1.29 is 4.79 Å². The molecule has 0 saturated heterocycles. The number of benzene rings is 2. The highest BCUT2D eigenvalue weighted by Crippen LogP contribution is 2.30.